The van der Waals surface area contributed by atoms with Crippen LogP contribution in [0.5, 0.6) is 5.75 Å². The van der Waals surface area contributed by atoms with Gasteiger partial charge in [0, 0.05) is 11.5 Å². The highest BCUT2D eigenvalue weighted by molar-refractivity contribution is 7.17. The Balaban J connectivity index is 2.97. The minimum absolute atomic E-state index is 0.0379. The average molecular weight is 210 g/mol. The fraction of sp³-hybridized carbons (Fsp3) is 0. The van der Waals surface area contributed by atoms with Crippen LogP contribution in [-0.4, -0.2) is 5.11 Å². The number of phenolic OH excluding ortho intramolecular Hbond substituents is 1. The van der Waals surface area contributed by atoms with Crippen molar-refractivity contribution in [1.29, 1.82) is 5.26 Å². The number of nitrogens with zero attached hydrogens (tertiary/aromatic N) is 1. The van der Waals surface area contributed by atoms with Crippen LogP contribution in [0.1, 0.15) is 5.56 Å². The zero-order chi connectivity index (χ0) is 9.42. The molecule has 0 amide bonds. The first-order valence-corrected chi connectivity index (χ1v) is 4.78. The van der Waals surface area contributed by atoms with Gasteiger partial charge in [0.25, 0.3) is 0 Å². The molecule has 0 saturated carbocycles. The molecular formula is C9H4ClNOS. The summed E-state index contributed by atoms with van der Waals surface area (Å²) >= 11 is 7.29. The van der Waals surface area contributed by atoms with E-state index in [0.29, 0.717) is 10.6 Å². The van der Waals surface area contributed by atoms with Crippen LogP contribution in [0.15, 0.2) is 17.5 Å². The maximum atomic E-state index is 9.37. The monoisotopic (exact) mass is 209 g/mol. The molecule has 0 fully saturated rings. The van der Waals surface area contributed by atoms with E-state index in [4.69, 9.17) is 16.9 Å². The Kier molecular flexibility index (Phi) is 1.87. The van der Waals surface area contributed by atoms with E-state index in [-0.39, 0.29) is 5.75 Å². The molecule has 1 aromatic heterocycles. The molecule has 1 N–H and O–H groups in total. The maximum absolute atomic E-state index is 9.37. The molecule has 0 aliphatic carbocycles. The summed E-state index contributed by atoms with van der Waals surface area (Å²) in [7, 11) is 0. The molecule has 0 atom stereocenters. The Morgan fingerprint density at radius 2 is 2.31 bits per heavy atom. The predicted molar refractivity (Wildman–Crippen MR) is 53.2 cm³/mol. The first kappa shape index (κ1) is 8.36. The van der Waals surface area contributed by atoms with Gasteiger partial charge in [-0.15, -0.1) is 11.3 Å². The summed E-state index contributed by atoms with van der Waals surface area (Å²) in [6.45, 7) is 0. The predicted octanol–water partition coefficient (Wildman–Crippen LogP) is 3.13. The largest absolute Gasteiger partial charge is 0.506 e. The minimum Gasteiger partial charge on any atom is -0.506 e. The molecule has 1 heterocycles. The van der Waals surface area contributed by atoms with E-state index >= 15 is 0 Å². The molecule has 0 aliphatic rings. The van der Waals surface area contributed by atoms with Crippen LogP contribution in [0, 0.1) is 11.3 Å². The van der Waals surface area contributed by atoms with Gasteiger partial charge in [0.05, 0.1) is 15.3 Å². The van der Waals surface area contributed by atoms with E-state index in [0.717, 1.165) is 10.1 Å². The third-order valence-corrected chi connectivity index (χ3v) is 3.12. The summed E-state index contributed by atoms with van der Waals surface area (Å²) in [5.74, 6) is -0.0379. The second-order valence-electron chi connectivity index (χ2n) is 2.53. The summed E-state index contributed by atoms with van der Waals surface area (Å²) in [4.78, 5) is 0. The number of benzene rings is 1. The summed E-state index contributed by atoms with van der Waals surface area (Å²) in [6.07, 6.45) is 0. The van der Waals surface area contributed by atoms with E-state index < -0.39 is 0 Å². The van der Waals surface area contributed by atoms with Gasteiger partial charge in [-0.05, 0) is 11.4 Å². The molecule has 1 aromatic carbocycles. The molecule has 0 bridgehead atoms. The molecule has 0 radical (unpaired) electrons. The zero-order valence-electron chi connectivity index (χ0n) is 6.41. The lowest BCUT2D eigenvalue weighted by atomic mass is 10.2. The van der Waals surface area contributed by atoms with E-state index in [2.05, 4.69) is 0 Å². The van der Waals surface area contributed by atoms with Gasteiger partial charge in [0.15, 0.2) is 0 Å². The quantitative estimate of drug-likeness (QED) is 0.725. The van der Waals surface area contributed by atoms with Crippen LogP contribution in [0.4, 0.5) is 0 Å². The first-order chi connectivity index (χ1) is 6.24. The number of nitriles is 1. The lowest BCUT2D eigenvalue weighted by Gasteiger charge is -1.99. The molecule has 0 spiro atoms. The smallest absolute Gasteiger partial charge is 0.136 e. The van der Waals surface area contributed by atoms with E-state index in [1.807, 2.05) is 11.4 Å². The molecule has 0 aliphatic heterocycles. The topological polar surface area (TPSA) is 44.0 Å². The first-order valence-electron chi connectivity index (χ1n) is 3.53. The molecule has 64 valence electrons. The van der Waals surface area contributed by atoms with Crippen molar-refractivity contribution in [2.75, 3.05) is 0 Å². The lowest BCUT2D eigenvalue weighted by molar-refractivity contribution is 0.476. The Morgan fingerprint density at radius 3 is 3.00 bits per heavy atom. The number of phenols is 1. The van der Waals surface area contributed by atoms with Gasteiger partial charge in [-0.3, -0.25) is 0 Å². The van der Waals surface area contributed by atoms with E-state index in [1.165, 1.54) is 17.4 Å². The molecule has 2 rings (SSSR count). The summed E-state index contributed by atoms with van der Waals surface area (Å²) in [5, 5.41) is 21.0. The number of fused-ring (bicyclic) bond motifs is 1. The standard InChI is InChI=1S/C9H4ClNOS/c10-8-6-1-2-13-9(6)5(4-11)3-7(8)12/h1-3,12H. The number of aromatic hydroxyl groups is 1. The molecular weight excluding hydrogens is 206 g/mol. The fourth-order valence-corrected chi connectivity index (χ4v) is 2.31. The van der Waals surface area contributed by atoms with Crippen molar-refractivity contribution in [1.82, 2.24) is 0 Å². The highest BCUT2D eigenvalue weighted by Crippen LogP contribution is 2.36. The van der Waals surface area contributed by atoms with Crippen molar-refractivity contribution >= 4 is 33.0 Å². The Hall–Kier alpha value is -1.24. The van der Waals surface area contributed by atoms with E-state index in [9.17, 15) is 5.11 Å². The number of halogens is 1. The van der Waals surface area contributed by atoms with Crippen LogP contribution >= 0.6 is 22.9 Å². The summed E-state index contributed by atoms with van der Waals surface area (Å²) in [5.41, 5.74) is 0.465. The van der Waals surface area contributed by atoms with Crippen LogP contribution in [-0.2, 0) is 0 Å². The lowest BCUT2D eigenvalue weighted by Crippen LogP contribution is -1.76. The third kappa shape index (κ3) is 1.15. The Labute approximate surface area is 83.6 Å². The van der Waals surface area contributed by atoms with Crippen LogP contribution < -0.4 is 0 Å². The normalized spacial score (nSPS) is 10.2. The van der Waals surface area contributed by atoms with Crippen LogP contribution in [0.25, 0.3) is 10.1 Å². The molecule has 2 nitrogen and oxygen atoms in total. The van der Waals surface area contributed by atoms with Crippen LogP contribution in [0.3, 0.4) is 0 Å². The minimum atomic E-state index is -0.0379. The van der Waals surface area contributed by atoms with Gasteiger partial charge >= 0.3 is 0 Å². The number of hydrogen-bond donors (Lipinski definition) is 1. The molecule has 4 heteroatoms. The number of rotatable bonds is 0. The van der Waals surface area contributed by atoms with Crippen molar-refractivity contribution in [2.24, 2.45) is 0 Å². The van der Waals surface area contributed by atoms with E-state index in [1.54, 1.807) is 6.07 Å². The van der Waals surface area contributed by atoms with Gasteiger partial charge in [0.2, 0.25) is 0 Å². The number of hydrogen-bond acceptors (Lipinski definition) is 3. The maximum Gasteiger partial charge on any atom is 0.136 e. The Morgan fingerprint density at radius 1 is 1.54 bits per heavy atom. The fourth-order valence-electron chi connectivity index (χ4n) is 1.18. The van der Waals surface area contributed by atoms with Crippen molar-refractivity contribution < 1.29 is 5.11 Å². The highest BCUT2D eigenvalue weighted by atomic mass is 35.5. The van der Waals surface area contributed by atoms with Crippen molar-refractivity contribution in [3.05, 3.63) is 28.1 Å². The molecule has 0 unspecified atom stereocenters. The second-order valence-corrected chi connectivity index (χ2v) is 3.83. The number of thiophene rings is 1. The zero-order valence-corrected chi connectivity index (χ0v) is 7.99. The van der Waals surface area contributed by atoms with Gasteiger partial charge in [-0.2, -0.15) is 5.26 Å². The third-order valence-electron chi connectivity index (χ3n) is 1.77. The molecule has 0 saturated heterocycles. The molecule has 13 heavy (non-hydrogen) atoms. The van der Waals surface area contributed by atoms with Crippen molar-refractivity contribution in [2.45, 2.75) is 0 Å². The van der Waals surface area contributed by atoms with Crippen molar-refractivity contribution in [3.63, 3.8) is 0 Å². The second kappa shape index (κ2) is 2.91. The molecule has 2 aromatic rings. The summed E-state index contributed by atoms with van der Waals surface area (Å²) < 4.78 is 0.824. The van der Waals surface area contributed by atoms with Crippen molar-refractivity contribution in [3.8, 4) is 11.8 Å². The Bertz CT molecular complexity index is 512. The van der Waals surface area contributed by atoms with Crippen LogP contribution in [0.2, 0.25) is 5.02 Å². The van der Waals surface area contributed by atoms with Gasteiger partial charge in [-0.25, -0.2) is 0 Å². The summed E-state index contributed by atoms with van der Waals surface area (Å²) in [6, 6.07) is 5.20. The van der Waals surface area contributed by atoms with Gasteiger partial charge in [0.1, 0.15) is 11.8 Å². The van der Waals surface area contributed by atoms with Gasteiger partial charge in [-0.1, -0.05) is 11.6 Å². The average Bonchev–Trinajstić information content (AvgIpc) is 2.60. The highest BCUT2D eigenvalue weighted by Gasteiger charge is 2.10. The van der Waals surface area contributed by atoms with Gasteiger partial charge < -0.3 is 5.11 Å². The SMILES string of the molecule is N#Cc1cc(O)c(Cl)c2ccsc12.